The molecule has 0 aliphatic carbocycles. The Morgan fingerprint density at radius 3 is 2.26 bits per heavy atom. The number of rotatable bonds is 11. The van der Waals surface area contributed by atoms with Gasteiger partial charge >= 0.3 is 11.7 Å². The van der Waals surface area contributed by atoms with Crippen LogP contribution in [0.1, 0.15) is 26.2 Å². The third-order valence-electron chi connectivity index (χ3n) is 6.89. The van der Waals surface area contributed by atoms with Gasteiger partial charge in [-0.05, 0) is 44.0 Å². The number of nitrogens with zero attached hydrogens (tertiary/aromatic N) is 4. The molecule has 1 aliphatic rings. The highest BCUT2D eigenvalue weighted by Gasteiger charge is 2.20. The Morgan fingerprint density at radius 2 is 1.54 bits per heavy atom. The molecule has 2 heterocycles. The minimum absolute atomic E-state index is 0. The molecule has 0 unspecified atom stereocenters. The Kier molecular flexibility index (Phi) is 12.8. The Bertz CT molecular complexity index is 1340. The molecule has 9 nitrogen and oxygen atoms in total. The van der Waals surface area contributed by atoms with Gasteiger partial charge in [0.15, 0.2) is 0 Å². The van der Waals surface area contributed by atoms with Crippen LogP contribution in [-0.2, 0) is 22.6 Å². The molecule has 1 aromatic heterocycles. The lowest BCUT2D eigenvalue weighted by atomic mass is 10.2. The Hall–Kier alpha value is -3.01. The Balaban J connectivity index is 0.00000267. The molecule has 0 bridgehead atoms. The number of para-hydroxylation sites is 3. The summed E-state index contributed by atoms with van der Waals surface area (Å²) in [6.07, 6.45) is 1.59. The largest absolute Gasteiger partial charge is 0.495 e. The van der Waals surface area contributed by atoms with Crippen molar-refractivity contribution in [1.82, 2.24) is 14.0 Å². The van der Waals surface area contributed by atoms with Crippen LogP contribution in [0.2, 0.25) is 0 Å². The predicted octanol–water partition coefficient (Wildman–Crippen LogP) is 3.57. The van der Waals surface area contributed by atoms with Crippen molar-refractivity contribution in [3.05, 3.63) is 69.4 Å². The highest BCUT2D eigenvalue weighted by atomic mass is 35.5. The topological polar surface area (TPSA) is 86.0 Å². The van der Waals surface area contributed by atoms with E-state index in [9.17, 15) is 14.4 Å². The van der Waals surface area contributed by atoms with Crippen LogP contribution in [0, 0.1) is 0 Å². The quantitative estimate of drug-likeness (QED) is 0.253. The highest BCUT2D eigenvalue weighted by Crippen LogP contribution is 2.28. The van der Waals surface area contributed by atoms with Gasteiger partial charge in [0.1, 0.15) is 5.75 Å². The van der Waals surface area contributed by atoms with E-state index in [1.54, 1.807) is 24.7 Å². The minimum atomic E-state index is -0.299. The molecule has 1 fully saturated rings. The first-order chi connectivity index (χ1) is 18.0. The lowest BCUT2D eigenvalue weighted by Gasteiger charge is -2.36. The number of hydrogen-bond acceptors (Lipinski definition) is 7. The fourth-order valence-corrected chi connectivity index (χ4v) is 4.90. The van der Waals surface area contributed by atoms with Gasteiger partial charge in [0.05, 0.1) is 30.3 Å². The molecule has 39 heavy (non-hydrogen) atoms. The lowest BCUT2D eigenvalue weighted by Crippen LogP contribution is -2.49. The molecular weight excluding hydrogens is 543 g/mol. The standard InChI is InChI=1S/C28H36N4O5.2ClH/c1-3-37-26(33)14-8-9-15-31-23-11-5-4-10-22(23)27(34)32(28(31)35)21-18-29-16-19-30(20-17-29)24-12-6-7-13-25(24)36-2;;/h4-7,10-13H,3,8-9,14-21H2,1-2H3;2*1H. The maximum absolute atomic E-state index is 13.4. The van der Waals surface area contributed by atoms with Gasteiger partial charge in [0.2, 0.25) is 0 Å². The van der Waals surface area contributed by atoms with Crippen molar-refractivity contribution in [2.45, 2.75) is 39.3 Å². The molecule has 1 saturated heterocycles. The van der Waals surface area contributed by atoms with Gasteiger partial charge in [-0.15, -0.1) is 24.8 Å². The number of benzene rings is 2. The molecule has 0 atom stereocenters. The number of carbonyl (C=O) groups is 1. The number of aryl methyl sites for hydroxylation is 1. The zero-order chi connectivity index (χ0) is 26.2. The number of methoxy groups -OCH3 is 1. The minimum Gasteiger partial charge on any atom is -0.495 e. The SMILES string of the molecule is CCOC(=O)CCCCn1c(=O)n(CCN2CCN(c3ccccc3OC)CC2)c(=O)c2ccccc21.Cl.Cl. The number of ether oxygens (including phenoxy) is 2. The number of piperazine rings is 1. The smallest absolute Gasteiger partial charge is 0.331 e. The van der Waals surface area contributed by atoms with Crippen LogP contribution in [0.3, 0.4) is 0 Å². The van der Waals surface area contributed by atoms with Crippen LogP contribution in [0.5, 0.6) is 5.75 Å². The van der Waals surface area contributed by atoms with Gasteiger partial charge in [-0.25, -0.2) is 4.79 Å². The van der Waals surface area contributed by atoms with Crippen LogP contribution >= 0.6 is 24.8 Å². The highest BCUT2D eigenvalue weighted by molar-refractivity contribution is 5.85. The van der Waals surface area contributed by atoms with Crippen molar-refractivity contribution in [3.8, 4) is 5.75 Å². The fraction of sp³-hybridized carbons (Fsp3) is 0.464. The summed E-state index contributed by atoms with van der Waals surface area (Å²) in [5, 5.41) is 0.536. The third-order valence-corrected chi connectivity index (χ3v) is 6.89. The van der Waals surface area contributed by atoms with E-state index < -0.39 is 0 Å². The van der Waals surface area contributed by atoms with E-state index in [0.717, 1.165) is 37.6 Å². The molecule has 3 aromatic rings. The normalized spacial score (nSPS) is 13.4. The molecule has 0 N–H and O–H groups in total. The zero-order valence-electron chi connectivity index (χ0n) is 22.5. The summed E-state index contributed by atoms with van der Waals surface area (Å²) in [6.45, 7) is 6.91. The third kappa shape index (κ3) is 7.77. The van der Waals surface area contributed by atoms with E-state index in [-0.39, 0.29) is 42.0 Å². The Labute approximate surface area is 241 Å². The number of aromatic nitrogens is 2. The van der Waals surface area contributed by atoms with E-state index in [1.807, 2.05) is 36.4 Å². The number of halogens is 2. The van der Waals surface area contributed by atoms with Gasteiger partial charge in [-0.1, -0.05) is 24.3 Å². The summed E-state index contributed by atoms with van der Waals surface area (Å²) >= 11 is 0. The average Bonchev–Trinajstić information content (AvgIpc) is 2.93. The van der Waals surface area contributed by atoms with Crippen LogP contribution in [-0.4, -0.2) is 66.4 Å². The molecule has 11 heteroatoms. The van der Waals surface area contributed by atoms with E-state index >= 15 is 0 Å². The number of unbranched alkanes of at least 4 members (excludes halogenated alkanes) is 1. The molecule has 0 amide bonds. The number of carbonyl (C=O) groups excluding carboxylic acids is 1. The van der Waals surface area contributed by atoms with E-state index in [2.05, 4.69) is 15.9 Å². The second kappa shape index (κ2) is 15.5. The first-order valence-electron chi connectivity index (χ1n) is 13.0. The summed E-state index contributed by atoms with van der Waals surface area (Å²) < 4.78 is 13.5. The number of esters is 1. The van der Waals surface area contributed by atoms with Crippen molar-refractivity contribution in [1.29, 1.82) is 0 Å². The van der Waals surface area contributed by atoms with Gasteiger partial charge in [-0.2, -0.15) is 0 Å². The molecule has 0 saturated carbocycles. The summed E-state index contributed by atoms with van der Waals surface area (Å²) in [6, 6.07) is 15.3. The second-order valence-electron chi connectivity index (χ2n) is 9.17. The van der Waals surface area contributed by atoms with Gasteiger partial charge < -0.3 is 14.4 Å². The van der Waals surface area contributed by atoms with Crippen molar-refractivity contribution in [2.75, 3.05) is 51.3 Å². The van der Waals surface area contributed by atoms with Crippen molar-refractivity contribution >= 4 is 47.4 Å². The molecule has 4 rings (SSSR count). The predicted molar refractivity (Wildman–Crippen MR) is 159 cm³/mol. The molecule has 214 valence electrons. The van der Waals surface area contributed by atoms with Crippen LogP contribution in [0.25, 0.3) is 10.9 Å². The number of hydrogen-bond donors (Lipinski definition) is 0. The van der Waals surface area contributed by atoms with Crippen LogP contribution in [0.15, 0.2) is 58.1 Å². The number of anilines is 1. The molecule has 1 aliphatic heterocycles. The maximum atomic E-state index is 13.4. The molecule has 0 spiro atoms. The fourth-order valence-electron chi connectivity index (χ4n) is 4.90. The molecule has 2 aromatic carbocycles. The first-order valence-corrected chi connectivity index (χ1v) is 13.0. The van der Waals surface area contributed by atoms with Gasteiger partial charge in [-0.3, -0.25) is 23.6 Å². The van der Waals surface area contributed by atoms with Crippen molar-refractivity contribution in [2.24, 2.45) is 0 Å². The van der Waals surface area contributed by atoms with Crippen LogP contribution < -0.4 is 20.9 Å². The first kappa shape index (κ1) is 32.2. The number of fused-ring (bicyclic) bond motifs is 1. The van der Waals surface area contributed by atoms with Crippen LogP contribution in [0.4, 0.5) is 5.69 Å². The van der Waals surface area contributed by atoms with E-state index in [0.29, 0.717) is 56.4 Å². The van der Waals surface area contributed by atoms with Crippen molar-refractivity contribution < 1.29 is 14.3 Å². The summed E-state index contributed by atoms with van der Waals surface area (Å²) in [4.78, 5) is 42.9. The Morgan fingerprint density at radius 1 is 0.846 bits per heavy atom. The zero-order valence-corrected chi connectivity index (χ0v) is 24.2. The maximum Gasteiger partial charge on any atom is 0.331 e. The van der Waals surface area contributed by atoms with Gasteiger partial charge in [0.25, 0.3) is 5.56 Å². The summed E-state index contributed by atoms with van der Waals surface area (Å²) in [5.74, 6) is 0.636. The van der Waals surface area contributed by atoms with Crippen molar-refractivity contribution in [3.63, 3.8) is 0 Å². The summed E-state index contributed by atoms with van der Waals surface area (Å²) in [7, 11) is 1.68. The van der Waals surface area contributed by atoms with Gasteiger partial charge in [0, 0.05) is 52.2 Å². The summed E-state index contributed by atoms with van der Waals surface area (Å²) in [5.41, 5.74) is 1.17. The molecular formula is C28H38Cl2N4O5. The monoisotopic (exact) mass is 580 g/mol. The lowest BCUT2D eigenvalue weighted by molar-refractivity contribution is -0.143. The second-order valence-corrected chi connectivity index (χ2v) is 9.17. The van der Waals surface area contributed by atoms with E-state index in [4.69, 9.17) is 9.47 Å². The molecule has 0 radical (unpaired) electrons. The average molecular weight is 582 g/mol. The van der Waals surface area contributed by atoms with E-state index in [1.165, 1.54) is 4.57 Å².